The topological polar surface area (TPSA) is 67.3 Å². The summed E-state index contributed by atoms with van der Waals surface area (Å²) in [5.41, 5.74) is 0.152. The highest BCUT2D eigenvalue weighted by molar-refractivity contribution is 7.90. The largest absolute Gasteiger partial charge is 0.285 e. The van der Waals surface area contributed by atoms with Crippen molar-refractivity contribution in [3.63, 3.8) is 0 Å². The Labute approximate surface area is 105 Å². The highest BCUT2D eigenvalue weighted by Gasteiger charge is 2.42. The lowest BCUT2D eigenvalue weighted by molar-refractivity contribution is 0.0861. The third-order valence-electron chi connectivity index (χ3n) is 2.55. The lowest BCUT2D eigenvalue weighted by Gasteiger charge is -2.18. The van der Waals surface area contributed by atoms with Crippen LogP contribution in [0.5, 0.6) is 0 Å². The maximum absolute atomic E-state index is 12.1. The molecule has 0 aromatic carbocycles. The van der Waals surface area contributed by atoms with E-state index in [1.165, 1.54) is 12.3 Å². The molecule has 0 bridgehead atoms. The van der Waals surface area contributed by atoms with Gasteiger partial charge >= 0.3 is 0 Å². The van der Waals surface area contributed by atoms with Crippen LogP contribution in [0.3, 0.4) is 0 Å². The Balaban J connectivity index is 2.44. The summed E-state index contributed by atoms with van der Waals surface area (Å²) in [4.78, 5) is 15.7. The smallest absolute Gasteiger partial charge is 0.268 e. The number of carbonyl (C=O) groups excluding carboxylic acids is 1. The molecule has 1 atom stereocenters. The Morgan fingerprint density at radius 3 is 2.82 bits per heavy atom. The van der Waals surface area contributed by atoms with Crippen LogP contribution in [0.1, 0.15) is 17.3 Å². The van der Waals surface area contributed by atoms with Crippen LogP contribution in [-0.4, -0.2) is 35.9 Å². The van der Waals surface area contributed by atoms with E-state index >= 15 is 0 Å². The number of nitrogens with zero attached hydrogens (tertiary/aromatic N) is 2. The summed E-state index contributed by atoms with van der Waals surface area (Å²) in [6, 6.07) is 3.03. The van der Waals surface area contributed by atoms with E-state index in [1.54, 1.807) is 6.07 Å². The minimum absolute atomic E-state index is 0.00590. The van der Waals surface area contributed by atoms with Gasteiger partial charge in [0.2, 0.25) is 0 Å². The molecule has 17 heavy (non-hydrogen) atoms. The summed E-state index contributed by atoms with van der Waals surface area (Å²) >= 11 is 4.09. The molecule has 5 nitrogen and oxygen atoms in total. The van der Waals surface area contributed by atoms with Gasteiger partial charge in [-0.05, 0) is 23.8 Å². The van der Waals surface area contributed by atoms with Crippen LogP contribution >= 0.6 is 12.6 Å². The first-order valence-electron chi connectivity index (χ1n) is 5.11. The van der Waals surface area contributed by atoms with E-state index in [4.69, 9.17) is 0 Å². The molecule has 0 N–H and O–H groups in total. The Hall–Kier alpha value is -1.08. The molecule has 1 amide bonds. The summed E-state index contributed by atoms with van der Waals surface area (Å²) in [7, 11) is -3.76. The van der Waals surface area contributed by atoms with Crippen LogP contribution < -0.4 is 0 Å². The third kappa shape index (κ3) is 1.93. The number of aromatic nitrogens is 1. The highest BCUT2D eigenvalue weighted by atomic mass is 32.2. The Kier molecular flexibility index (Phi) is 3.13. The predicted molar refractivity (Wildman–Crippen MR) is 65.5 cm³/mol. The van der Waals surface area contributed by atoms with Crippen LogP contribution in [0.15, 0.2) is 23.4 Å². The monoisotopic (exact) mass is 272 g/mol. The molecule has 0 spiro atoms. The number of amides is 1. The van der Waals surface area contributed by atoms with Crippen LogP contribution in [0.25, 0.3) is 0 Å². The molecule has 0 aliphatic carbocycles. The summed E-state index contributed by atoms with van der Waals surface area (Å²) in [6.45, 7) is 1.98. The highest BCUT2D eigenvalue weighted by Crippen LogP contribution is 2.28. The molecule has 0 saturated carbocycles. The van der Waals surface area contributed by atoms with Gasteiger partial charge < -0.3 is 0 Å². The molecule has 0 fully saturated rings. The van der Waals surface area contributed by atoms with Crippen molar-refractivity contribution >= 4 is 28.6 Å². The molecule has 2 heterocycles. The molecule has 92 valence electrons. The molecule has 1 aliphatic rings. The molecular weight excluding hydrogens is 260 g/mol. The number of carbonyl (C=O) groups is 1. The van der Waals surface area contributed by atoms with Crippen molar-refractivity contribution in [2.75, 3.05) is 12.3 Å². The van der Waals surface area contributed by atoms with Crippen LogP contribution in [-0.2, 0) is 10.0 Å². The zero-order valence-electron chi connectivity index (χ0n) is 9.20. The van der Waals surface area contributed by atoms with E-state index < -0.39 is 15.9 Å². The van der Waals surface area contributed by atoms with Gasteiger partial charge in [0.25, 0.3) is 15.9 Å². The summed E-state index contributed by atoms with van der Waals surface area (Å²) in [6.07, 6.45) is 1.37. The number of pyridine rings is 1. The van der Waals surface area contributed by atoms with Crippen molar-refractivity contribution in [1.82, 2.24) is 9.29 Å². The van der Waals surface area contributed by atoms with Gasteiger partial charge in [0.05, 0.1) is 5.56 Å². The second kappa shape index (κ2) is 4.30. The normalized spacial score (nSPS) is 19.2. The minimum atomic E-state index is -3.76. The molecule has 0 saturated heterocycles. The number of sulfonamides is 1. The van der Waals surface area contributed by atoms with Gasteiger partial charge in [-0.1, -0.05) is 6.92 Å². The zero-order chi connectivity index (χ0) is 12.6. The van der Waals surface area contributed by atoms with E-state index in [0.717, 1.165) is 4.31 Å². The first kappa shape index (κ1) is 12.4. The second-order valence-electron chi connectivity index (χ2n) is 3.99. The average molecular weight is 272 g/mol. The summed E-state index contributed by atoms with van der Waals surface area (Å²) < 4.78 is 25.0. The molecule has 2 rings (SSSR count). The van der Waals surface area contributed by atoms with E-state index in [1.807, 2.05) is 6.92 Å². The number of hydrogen-bond acceptors (Lipinski definition) is 5. The van der Waals surface area contributed by atoms with Crippen LogP contribution in [0, 0.1) is 5.92 Å². The fraction of sp³-hybridized carbons (Fsp3) is 0.400. The van der Waals surface area contributed by atoms with Crippen LogP contribution in [0.4, 0.5) is 0 Å². The Morgan fingerprint density at radius 1 is 1.53 bits per heavy atom. The summed E-state index contributed by atoms with van der Waals surface area (Å²) in [5, 5.41) is -0.142. The molecule has 1 aromatic heterocycles. The lowest BCUT2D eigenvalue weighted by atomic mass is 10.2. The quantitative estimate of drug-likeness (QED) is 0.826. The van der Waals surface area contributed by atoms with E-state index in [9.17, 15) is 13.2 Å². The number of rotatable bonds is 3. The fourth-order valence-electron chi connectivity index (χ4n) is 1.63. The molecule has 1 aromatic rings. The predicted octanol–water partition coefficient (Wildman–Crippen LogP) is 0.792. The fourth-order valence-corrected chi connectivity index (χ4v) is 3.35. The first-order valence-corrected chi connectivity index (χ1v) is 7.18. The third-order valence-corrected chi connectivity index (χ3v) is 4.88. The standard InChI is InChI=1S/C10H12N2O3S2/c1-7(6-16)5-12-10(13)8-3-2-4-11-9(8)17(12,14)15/h2-4,7,16H,5-6H2,1H3. The Morgan fingerprint density at radius 2 is 2.24 bits per heavy atom. The van der Waals surface area contributed by atoms with E-state index in [-0.39, 0.29) is 23.1 Å². The lowest BCUT2D eigenvalue weighted by Crippen LogP contribution is -2.34. The van der Waals surface area contributed by atoms with Crippen molar-refractivity contribution in [1.29, 1.82) is 0 Å². The first-order chi connectivity index (χ1) is 7.98. The van der Waals surface area contributed by atoms with Gasteiger partial charge in [-0.3, -0.25) is 4.79 Å². The number of hydrogen-bond donors (Lipinski definition) is 1. The van der Waals surface area contributed by atoms with Crippen LogP contribution in [0.2, 0.25) is 0 Å². The Bertz CT molecular complexity index is 556. The average Bonchev–Trinajstić information content (AvgIpc) is 2.51. The molecular formula is C10H12N2O3S2. The molecule has 0 radical (unpaired) electrons. The minimum Gasteiger partial charge on any atom is -0.268 e. The van der Waals surface area contributed by atoms with Gasteiger partial charge in [-0.15, -0.1) is 0 Å². The van der Waals surface area contributed by atoms with Crippen molar-refractivity contribution in [2.24, 2.45) is 5.92 Å². The maximum Gasteiger partial charge on any atom is 0.285 e. The van der Waals surface area contributed by atoms with Crippen molar-refractivity contribution in [2.45, 2.75) is 11.9 Å². The van der Waals surface area contributed by atoms with Gasteiger partial charge in [-0.2, -0.15) is 21.0 Å². The maximum atomic E-state index is 12.1. The van der Waals surface area contributed by atoms with Crippen molar-refractivity contribution in [3.05, 3.63) is 23.9 Å². The number of fused-ring (bicyclic) bond motifs is 1. The zero-order valence-corrected chi connectivity index (χ0v) is 10.9. The van der Waals surface area contributed by atoms with E-state index in [0.29, 0.717) is 5.75 Å². The summed E-state index contributed by atoms with van der Waals surface area (Å²) in [5.74, 6) is 0.0244. The molecule has 7 heteroatoms. The van der Waals surface area contributed by atoms with Crippen molar-refractivity contribution < 1.29 is 13.2 Å². The van der Waals surface area contributed by atoms with Crippen molar-refractivity contribution in [3.8, 4) is 0 Å². The second-order valence-corrected chi connectivity index (χ2v) is 6.13. The molecule has 1 unspecified atom stereocenters. The van der Waals surface area contributed by atoms with Gasteiger partial charge in [0.15, 0.2) is 5.03 Å². The molecule has 1 aliphatic heterocycles. The number of thiol groups is 1. The van der Waals surface area contributed by atoms with Gasteiger partial charge in [-0.25, -0.2) is 9.29 Å². The SMILES string of the molecule is CC(CS)CN1C(=O)c2cccnc2S1(=O)=O. The van der Waals surface area contributed by atoms with Gasteiger partial charge in [0.1, 0.15) is 0 Å². The van der Waals surface area contributed by atoms with Gasteiger partial charge in [0, 0.05) is 12.7 Å². The van der Waals surface area contributed by atoms with E-state index in [2.05, 4.69) is 17.6 Å².